The molecule has 8 nitrogen and oxygen atoms in total. The molecule has 0 N–H and O–H groups in total. The van der Waals surface area contributed by atoms with E-state index in [-0.39, 0.29) is 11.9 Å². The molecule has 0 aliphatic carbocycles. The summed E-state index contributed by atoms with van der Waals surface area (Å²) in [5.74, 6) is 0.332. The molecule has 0 aromatic heterocycles. The Hall–Kier alpha value is -2.78. The second-order valence-electron chi connectivity index (χ2n) is 9.80. The molecular formula is C30H38O8. The van der Waals surface area contributed by atoms with Crippen LogP contribution in [-0.2, 0) is 28.4 Å². The van der Waals surface area contributed by atoms with Crippen molar-refractivity contribution in [3.05, 3.63) is 59.7 Å². The highest BCUT2D eigenvalue weighted by Gasteiger charge is 2.18. The van der Waals surface area contributed by atoms with Crippen LogP contribution in [0.2, 0.25) is 0 Å². The van der Waals surface area contributed by atoms with Gasteiger partial charge in [-0.1, -0.05) is 24.3 Å². The summed E-state index contributed by atoms with van der Waals surface area (Å²) < 4.78 is 32.3. The molecule has 2 aliphatic rings. The Morgan fingerprint density at radius 3 is 1.45 bits per heavy atom. The van der Waals surface area contributed by atoms with Gasteiger partial charge in [-0.25, -0.2) is 9.59 Å². The van der Waals surface area contributed by atoms with E-state index in [9.17, 15) is 9.59 Å². The number of unbranched alkanes of at least 4 members (excludes halogenated alkanes) is 2. The number of esters is 2. The monoisotopic (exact) mass is 526 g/mol. The normalized spacial score (nSPS) is 15.5. The Morgan fingerprint density at radius 2 is 1.05 bits per heavy atom. The van der Waals surface area contributed by atoms with Crippen LogP contribution in [0, 0.1) is 11.8 Å². The third-order valence-corrected chi connectivity index (χ3v) is 6.48. The molecule has 0 saturated carbocycles. The maximum Gasteiger partial charge on any atom is 0.338 e. The van der Waals surface area contributed by atoms with Gasteiger partial charge >= 0.3 is 11.9 Å². The topological polar surface area (TPSA) is 89.5 Å². The molecule has 2 aliphatic heterocycles. The maximum atomic E-state index is 12.5. The lowest BCUT2D eigenvalue weighted by atomic mass is 10.0. The molecule has 2 saturated heterocycles. The van der Waals surface area contributed by atoms with Crippen molar-refractivity contribution in [3.8, 4) is 11.1 Å². The van der Waals surface area contributed by atoms with E-state index in [4.69, 9.17) is 28.4 Å². The number of benzene rings is 2. The zero-order valence-electron chi connectivity index (χ0n) is 21.9. The van der Waals surface area contributed by atoms with Crippen molar-refractivity contribution >= 4 is 11.9 Å². The fourth-order valence-corrected chi connectivity index (χ4v) is 4.02. The molecule has 0 radical (unpaired) electrons. The summed E-state index contributed by atoms with van der Waals surface area (Å²) in [6, 6.07) is 14.5. The number of hydrogen-bond donors (Lipinski definition) is 0. The predicted molar refractivity (Wildman–Crippen MR) is 141 cm³/mol. The lowest BCUT2D eigenvalue weighted by molar-refractivity contribution is -0.0720. The minimum Gasteiger partial charge on any atom is -0.462 e. The van der Waals surface area contributed by atoms with Crippen LogP contribution in [0.25, 0.3) is 11.1 Å². The van der Waals surface area contributed by atoms with E-state index in [0.717, 1.165) is 76.5 Å². The van der Waals surface area contributed by atoms with Gasteiger partial charge in [0.25, 0.3) is 0 Å². The molecule has 2 heterocycles. The molecule has 0 bridgehead atoms. The first-order chi connectivity index (χ1) is 18.7. The summed E-state index contributed by atoms with van der Waals surface area (Å²) in [5.41, 5.74) is 2.61. The van der Waals surface area contributed by atoms with E-state index >= 15 is 0 Å². The molecule has 38 heavy (non-hydrogen) atoms. The molecule has 0 atom stereocenters. The Bertz CT molecular complexity index is 933. The third-order valence-electron chi connectivity index (χ3n) is 6.48. The molecule has 2 fully saturated rings. The summed E-state index contributed by atoms with van der Waals surface area (Å²) in [6.45, 7) is 6.65. The second-order valence-corrected chi connectivity index (χ2v) is 9.80. The number of carbonyl (C=O) groups is 2. The van der Waals surface area contributed by atoms with Gasteiger partial charge in [-0.2, -0.15) is 0 Å². The highest BCUT2D eigenvalue weighted by molar-refractivity contribution is 5.93. The van der Waals surface area contributed by atoms with Crippen LogP contribution in [0.3, 0.4) is 0 Å². The highest BCUT2D eigenvalue weighted by atomic mass is 16.5. The van der Waals surface area contributed by atoms with Crippen LogP contribution < -0.4 is 0 Å². The molecule has 4 rings (SSSR count). The van der Waals surface area contributed by atoms with Crippen molar-refractivity contribution < 1.29 is 38.0 Å². The molecule has 0 spiro atoms. The lowest BCUT2D eigenvalue weighted by Gasteiger charge is -2.25. The van der Waals surface area contributed by atoms with Gasteiger partial charge in [0.15, 0.2) is 0 Å². The SMILES string of the molecule is O=C(OCCCCOCC1COC1)c1cccc(-c2cccc(C(=O)OCCCCOCC3COC3)c2)c1. The van der Waals surface area contributed by atoms with Crippen molar-refractivity contribution in [1.29, 1.82) is 0 Å². The third kappa shape index (κ3) is 9.20. The zero-order valence-corrected chi connectivity index (χ0v) is 21.9. The molecule has 0 unspecified atom stereocenters. The van der Waals surface area contributed by atoms with Gasteiger partial charge in [-0.15, -0.1) is 0 Å². The molecule has 2 aromatic carbocycles. The Balaban J connectivity index is 1.15. The van der Waals surface area contributed by atoms with E-state index in [1.807, 2.05) is 24.3 Å². The molecule has 8 heteroatoms. The van der Waals surface area contributed by atoms with Crippen LogP contribution in [0.15, 0.2) is 48.5 Å². The van der Waals surface area contributed by atoms with Crippen molar-refractivity contribution in [2.45, 2.75) is 25.7 Å². The number of rotatable bonds is 17. The summed E-state index contributed by atoms with van der Waals surface area (Å²) in [4.78, 5) is 25.1. The largest absolute Gasteiger partial charge is 0.462 e. The van der Waals surface area contributed by atoms with E-state index in [1.165, 1.54) is 0 Å². The van der Waals surface area contributed by atoms with Crippen molar-refractivity contribution in [1.82, 2.24) is 0 Å². The van der Waals surface area contributed by atoms with E-state index < -0.39 is 0 Å². The number of hydrogen-bond acceptors (Lipinski definition) is 8. The molecular weight excluding hydrogens is 488 g/mol. The minimum absolute atomic E-state index is 0.349. The van der Waals surface area contributed by atoms with E-state index in [1.54, 1.807) is 24.3 Å². The number of carbonyl (C=O) groups excluding carboxylic acids is 2. The lowest BCUT2D eigenvalue weighted by Crippen LogP contribution is -2.31. The van der Waals surface area contributed by atoms with Gasteiger partial charge in [-0.3, -0.25) is 0 Å². The first-order valence-corrected chi connectivity index (χ1v) is 13.5. The smallest absolute Gasteiger partial charge is 0.338 e. The predicted octanol–water partition coefficient (Wildman–Crippen LogP) is 4.55. The highest BCUT2D eigenvalue weighted by Crippen LogP contribution is 2.23. The number of ether oxygens (including phenoxy) is 6. The average Bonchev–Trinajstić information content (AvgIpc) is 2.89. The van der Waals surface area contributed by atoms with Gasteiger partial charge in [0.1, 0.15) is 0 Å². The quantitative estimate of drug-likeness (QED) is 0.219. The standard InChI is InChI=1S/C30H38O8/c31-29(37-13-3-1-11-33-17-23-19-35-20-23)27-9-5-7-25(15-27)26-8-6-10-28(16-26)30(32)38-14-4-2-12-34-18-24-21-36-22-24/h5-10,15-16,23-24H,1-4,11-14,17-22H2. The van der Waals surface area contributed by atoms with Gasteiger partial charge in [0.2, 0.25) is 0 Å². The van der Waals surface area contributed by atoms with Crippen LogP contribution in [0.4, 0.5) is 0 Å². The van der Waals surface area contributed by atoms with Crippen LogP contribution in [0.5, 0.6) is 0 Å². The van der Waals surface area contributed by atoms with Crippen molar-refractivity contribution in [3.63, 3.8) is 0 Å². The molecule has 2 aromatic rings. The first kappa shape index (κ1) is 28.2. The Labute approximate surface area is 224 Å². The van der Waals surface area contributed by atoms with E-state index in [0.29, 0.717) is 49.4 Å². The fraction of sp³-hybridized carbons (Fsp3) is 0.533. The van der Waals surface area contributed by atoms with Gasteiger partial charge in [0, 0.05) is 25.0 Å². The van der Waals surface area contributed by atoms with Crippen molar-refractivity contribution in [2.75, 3.05) is 66.1 Å². The second kappa shape index (κ2) is 15.6. The van der Waals surface area contributed by atoms with Crippen LogP contribution in [0.1, 0.15) is 46.4 Å². The van der Waals surface area contributed by atoms with E-state index in [2.05, 4.69) is 0 Å². The van der Waals surface area contributed by atoms with Crippen molar-refractivity contribution in [2.24, 2.45) is 11.8 Å². The van der Waals surface area contributed by atoms with Gasteiger partial charge in [0.05, 0.1) is 64.0 Å². The molecule has 0 amide bonds. The summed E-state index contributed by atoms with van der Waals surface area (Å²) >= 11 is 0. The zero-order chi connectivity index (χ0) is 26.4. The Kier molecular flexibility index (Phi) is 11.6. The average molecular weight is 527 g/mol. The van der Waals surface area contributed by atoms with Crippen LogP contribution in [-0.4, -0.2) is 78.0 Å². The summed E-state index contributed by atoms with van der Waals surface area (Å²) in [7, 11) is 0. The summed E-state index contributed by atoms with van der Waals surface area (Å²) in [5, 5.41) is 0. The first-order valence-electron chi connectivity index (χ1n) is 13.5. The fourth-order valence-electron chi connectivity index (χ4n) is 4.02. The molecule has 206 valence electrons. The Morgan fingerprint density at radius 1 is 0.632 bits per heavy atom. The van der Waals surface area contributed by atoms with Gasteiger partial charge < -0.3 is 28.4 Å². The minimum atomic E-state index is -0.361. The maximum absolute atomic E-state index is 12.5. The van der Waals surface area contributed by atoms with Crippen LogP contribution >= 0.6 is 0 Å². The summed E-state index contributed by atoms with van der Waals surface area (Å²) in [6.07, 6.45) is 3.18. The van der Waals surface area contributed by atoms with Gasteiger partial charge in [-0.05, 0) is 61.1 Å².